The Morgan fingerprint density at radius 1 is 1.77 bits per heavy atom. The minimum Gasteiger partial charge on any atom is -0.481 e. The summed E-state index contributed by atoms with van der Waals surface area (Å²) in [4.78, 5) is 11.7. The molecule has 1 aliphatic carbocycles. The van der Waals surface area contributed by atoms with Crippen LogP contribution in [0.5, 0.6) is 0 Å². The van der Waals surface area contributed by atoms with Crippen molar-refractivity contribution in [2.24, 2.45) is 0 Å². The van der Waals surface area contributed by atoms with Crippen LogP contribution in [0.25, 0.3) is 0 Å². The lowest BCUT2D eigenvalue weighted by Crippen LogP contribution is -2.01. The summed E-state index contributed by atoms with van der Waals surface area (Å²) in [6.07, 6.45) is 2.19. The Hall–Kier alpha value is -0.540. The molecular formula is C9H9ClO2S. The van der Waals surface area contributed by atoms with E-state index in [1.165, 1.54) is 21.8 Å². The van der Waals surface area contributed by atoms with Crippen molar-refractivity contribution in [1.29, 1.82) is 0 Å². The third-order valence-electron chi connectivity index (χ3n) is 2.37. The van der Waals surface area contributed by atoms with Gasteiger partial charge in [0, 0.05) is 10.8 Å². The van der Waals surface area contributed by atoms with Crippen molar-refractivity contribution >= 4 is 28.9 Å². The Morgan fingerprint density at radius 2 is 2.54 bits per heavy atom. The molecule has 4 heteroatoms. The molecule has 0 bridgehead atoms. The molecule has 0 spiro atoms. The van der Waals surface area contributed by atoms with E-state index in [9.17, 15) is 4.79 Å². The van der Waals surface area contributed by atoms with Crippen LogP contribution in [0.15, 0.2) is 6.07 Å². The van der Waals surface area contributed by atoms with E-state index < -0.39 is 5.97 Å². The summed E-state index contributed by atoms with van der Waals surface area (Å²) in [5.74, 6) is -0.521. The van der Waals surface area contributed by atoms with Gasteiger partial charge in [-0.3, -0.25) is 4.79 Å². The van der Waals surface area contributed by atoms with Gasteiger partial charge in [-0.05, 0) is 24.5 Å². The summed E-state index contributed by atoms with van der Waals surface area (Å²) in [5, 5.41) is 8.68. The van der Waals surface area contributed by atoms with Crippen LogP contribution in [0.4, 0.5) is 0 Å². The topological polar surface area (TPSA) is 37.3 Å². The van der Waals surface area contributed by atoms with E-state index in [4.69, 9.17) is 16.7 Å². The molecule has 1 unspecified atom stereocenters. The second-order valence-corrected chi connectivity index (χ2v) is 4.99. The van der Waals surface area contributed by atoms with Crippen molar-refractivity contribution < 1.29 is 9.90 Å². The van der Waals surface area contributed by atoms with Gasteiger partial charge in [-0.25, -0.2) is 0 Å². The van der Waals surface area contributed by atoms with E-state index in [2.05, 4.69) is 0 Å². The third-order valence-corrected chi connectivity index (χ3v) is 3.83. The quantitative estimate of drug-likeness (QED) is 0.826. The van der Waals surface area contributed by atoms with Crippen LogP contribution in [-0.4, -0.2) is 11.1 Å². The molecule has 0 fully saturated rings. The summed E-state index contributed by atoms with van der Waals surface area (Å²) in [7, 11) is 0. The normalized spacial score (nSPS) is 20.2. The van der Waals surface area contributed by atoms with Crippen molar-refractivity contribution in [1.82, 2.24) is 0 Å². The molecule has 70 valence electrons. The maximum Gasteiger partial charge on any atom is 0.303 e. The molecule has 0 aromatic carbocycles. The van der Waals surface area contributed by atoms with Gasteiger partial charge in [-0.15, -0.1) is 11.3 Å². The lowest BCUT2D eigenvalue weighted by Gasteiger charge is -2.04. The second kappa shape index (κ2) is 3.31. The Balaban J connectivity index is 2.22. The van der Waals surface area contributed by atoms with Gasteiger partial charge in [0.15, 0.2) is 0 Å². The molecule has 0 aliphatic heterocycles. The Labute approximate surface area is 85.1 Å². The van der Waals surface area contributed by atoms with E-state index in [-0.39, 0.29) is 12.3 Å². The predicted octanol–water partition coefficient (Wildman–Crippen LogP) is 2.91. The van der Waals surface area contributed by atoms with E-state index in [0.717, 1.165) is 17.2 Å². The molecule has 1 aliphatic rings. The molecule has 0 radical (unpaired) electrons. The van der Waals surface area contributed by atoms with Crippen LogP contribution in [0.1, 0.15) is 29.2 Å². The zero-order valence-electron chi connectivity index (χ0n) is 6.92. The minimum atomic E-state index is -0.720. The zero-order chi connectivity index (χ0) is 9.42. The Kier molecular flexibility index (Phi) is 2.30. The summed E-state index contributed by atoms with van der Waals surface area (Å²) in [5.41, 5.74) is 1.25. The lowest BCUT2D eigenvalue weighted by atomic mass is 10.1. The van der Waals surface area contributed by atoms with E-state index >= 15 is 0 Å². The maximum atomic E-state index is 10.5. The second-order valence-electron chi connectivity index (χ2n) is 3.27. The highest BCUT2D eigenvalue weighted by atomic mass is 35.5. The van der Waals surface area contributed by atoms with E-state index in [1.54, 1.807) is 0 Å². The highest BCUT2D eigenvalue weighted by Gasteiger charge is 2.26. The first kappa shape index (κ1) is 9.03. The number of carboxylic acid groups (broad SMARTS) is 1. The highest BCUT2D eigenvalue weighted by Crippen LogP contribution is 2.42. The number of hydrogen-bond acceptors (Lipinski definition) is 2. The molecule has 1 atom stereocenters. The molecule has 1 aromatic heterocycles. The van der Waals surface area contributed by atoms with E-state index in [0.29, 0.717) is 0 Å². The number of halogens is 1. The highest BCUT2D eigenvalue weighted by molar-refractivity contribution is 7.16. The molecule has 1 aromatic rings. The number of hydrogen-bond donors (Lipinski definition) is 1. The molecule has 0 saturated heterocycles. The standard InChI is InChI=1S/C9H9ClO2S/c10-7-3-5-1-2-6(4-8(11)12)9(5)13-7/h3,6H,1-2,4H2,(H,11,12). The number of rotatable bonds is 2. The molecule has 1 N–H and O–H groups in total. The van der Waals surface area contributed by atoms with Crippen LogP contribution in [0, 0.1) is 0 Å². The number of carboxylic acids is 1. The van der Waals surface area contributed by atoms with Crippen molar-refractivity contribution in [2.45, 2.75) is 25.2 Å². The largest absolute Gasteiger partial charge is 0.481 e. The average Bonchev–Trinajstić information content (AvgIpc) is 2.51. The van der Waals surface area contributed by atoms with Crippen molar-refractivity contribution in [3.05, 3.63) is 20.8 Å². The first-order valence-electron chi connectivity index (χ1n) is 4.16. The van der Waals surface area contributed by atoms with Gasteiger partial charge in [0.2, 0.25) is 0 Å². The van der Waals surface area contributed by atoms with Crippen LogP contribution < -0.4 is 0 Å². The van der Waals surface area contributed by atoms with Crippen LogP contribution in [-0.2, 0) is 11.2 Å². The molecule has 1 heterocycles. The van der Waals surface area contributed by atoms with Crippen molar-refractivity contribution in [2.75, 3.05) is 0 Å². The van der Waals surface area contributed by atoms with Crippen LogP contribution >= 0.6 is 22.9 Å². The number of aliphatic carboxylic acids is 1. The van der Waals surface area contributed by atoms with Crippen LogP contribution in [0.3, 0.4) is 0 Å². The van der Waals surface area contributed by atoms with Gasteiger partial charge in [-0.2, -0.15) is 0 Å². The number of carbonyl (C=O) groups is 1. The predicted molar refractivity (Wildman–Crippen MR) is 52.6 cm³/mol. The first-order valence-corrected chi connectivity index (χ1v) is 5.36. The molecule has 0 saturated carbocycles. The molecular weight excluding hydrogens is 208 g/mol. The summed E-state index contributed by atoms with van der Waals surface area (Å²) >= 11 is 7.38. The summed E-state index contributed by atoms with van der Waals surface area (Å²) in [6, 6.07) is 1.96. The van der Waals surface area contributed by atoms with E-state index in [1.807, 2.05) is 6.07 Å². The minimum absolute atomic E-state index is 0.199. The Bertz CT molecular complexity index is 345. The maximum absolute atomic E-state index is 10.5. The fourth-order valence-corrected chi connectivity index (χ4v) is 3.27. The average molecular weight is 217 g/mol. The van der Waals surface area contributed by atoms with Gasteiger partial charge in [0.05, 0.1) is 10.8 Å². The van der Waals surface area contributed by atoms with Gasteiger partial charge >= 0.3 is 5.97 Å². The third kappa shape index (κ3) is 1.71. The fraction of sp³-hybridized carbons (Fsp3) is 0.444. The summed E-state index contributed by atoms with van der Waals surface area (Å²) < 4.78 is 0.778. The van der Waals surface area contributed by atoms with Gasteiger partial charge < -0.3 is 5.11 Å². The number of thiophene rings is 1. The van der Waals surface area contributed by atoms with Gasteiger partial charge in [-0.1, -0.05) is 11.6 Å². The number of fused-ring (bicyclic) bond motifs is 1. The first-order chi connectivity index (χ1) is 6.16. The SMILES string of the molecule is O=C(O)CC1CCc2cc(Cl)sc21. The monoisotopic (exact) mass is 216 g/mol. The van der Waals surface area contributed by atoms with Gasteiger partial charge in [0.25, 0.3) is 0 Å². The smallest absolute Gasteiger partial charge is 0.303 e. The van der Waals surface area contributed by atoms with Crippen molar-refractivity contribution in [3.63, 3.8) is 0 Å². The summed E-state index contributed by atoms with van der Waals surface area (Å²) in [6.45, 7) is 0. The van der Waals surface area contributed by atoms with Crippen LogP contribution in [0.2, 0.25) is 4.34 Å². The molecule has 13 heavy (non-hydrogen) atoms. The lowest BCUT2D eigenvalue weighted by molar-refractivity contribution is -0.137. The molecule has 2 nitrogen and oxygen atoms in total. The Morgan fingerprint density at radius 3 is 3.23 bits per heavy atom. The number of aryl methyl sites for hydroxylation is 1. The van der Waals surface area contributed by atoms with Crippen molar-refractivity contribution in [3.8, 4) is 0 Å². The molecule has 2 rings (SSSR count). The zero-order valence-corrected chi connectivity index (χ0v) is 8.49. The van der Waals surface area contributed by atoms with Gasteiger partial charge in [0.1, 0.15) is 0 Å². The fourth-order valence-electron chi connectivity index (χ4n) is 1.82. The molecule has 0 amide bonds.